The molecule has 148 valence electrons. The van der Waals surface area contributed by atoms with Gasteiger partial charge in [0.2, 0.25) is 0 Å². The van der Waals surface area contributed by atoms with Crippen LogP contribution in [0.3, 0.4) is 0 Å². The highest BCUT2D eigenvalue weighted by Crippen LogP contribution is 2.27. The standard InChI is InChI=1S/C16H17N3.C2H3N.C2H4.CH2O3/c1-2-3-5-15(16-18-10-4-11-19-16)14-8-6-13(12-17)7-9-14;1-2-3;1-2;2-1(3)4/h4,6-11,15H,2-3,5H2,1H3;1H3;1-2H2;(H2,2,3,4). The number of nitrogens with zero attached hydrogens (tertiary/aromatic N) is 4. The van der Waals surface area contributed by atoms with Crippen LogP contribution in [-0.4, -0.2) is 26.3 Å². The molecule has 0 fully saturated rings. The highest BCUT2D eigenvalue weighted by Gasteiger charge is 2.16. The maximum Gasteiger partial charge on any atom is 0.503 e. The Kier molecular flexibility index (Phi) is 17.1. The second-order valence-electron chi connectivity index (χ2n) is 5.04. The van der Waals surface area contributed by atoms with Crippen LogP contribution in [0.4, 0.5) is 4.79 Å². The summed E-state index contributed by atoms with van der Waals surface area (Å²) in [5, 5.41) is 30.1. The maximum absolute atomic E-state index is 8.85. The average Bonchev–Trinajstić information content (AvgIpc) is 2.71. The maximum atomic E-state index is 8.85. The molecule has 0 aliphatic carbocycles. The molecule has 28 heavy (non-hydrogen) atoms. The van der Waals surface area contributed by atoms with Crippen LogP contribution >= 0.6 is 0 Å². The largest absolute Gasteiger partial charge is 0.503 e. The lowest BCUT2D eigenvalue weighted by Gasteiger charge is -2.15. The Bertz CT molecular complexity index is 731. The summed E-state index contributed by atoms with van der Waals surface area (Å²) in [6.45, 7) is 9.61. The van der Waals surface area contributed by atoms with Gasteiger partial charge in [-0.3, -0.25) is 0 Å². The molecule has 0 saturated heterocycles. The molecule has 7 heteroatoms. The van der Waals surface area contributed by atoms with Gasteiger partial charge in [-0.05, 0) is 30.2 Å². The van der Waals surface area contributed by atoms with Crippen molar-refractivity contribution in [2.45, 2.75) is 39.0 Å². The molecule has 1 aromatic carbocycles. The highest BCUT2D eigenvalue weighted by molar-refractivity contribution is 5.53. The molecule has 0 radical (unpaired) electrons. The summed E-state index contributed by atoms with van der Waals surface area (Å²) in [6.07, 6.45) is 5.06. The molecule has 2 rings (SSSR count). The van der Waals surface area contributed by atoms with Gasteiger partial charge in [-0.1, -0.05) is 31.9 Å². The van der Waals surface area contributed by atoms with Crippen molar-refractivity contribution in [3.63, 3.8) is 0 Å². The fraction of sp³-hybridized carbons (Fsp3) is 0.286. The molecule has 7 nitrogen and oxygen atoms in total. The monoisotopic (exact) mass is 382 g/mol. The Morgan fingerprint density at radius 2 is 1.61 bits per heavy atom. The molecule has 2 aromatic rings. The van der Waals surface area contributed by atoms with Gasteiger partial charge in [-0.15, -0.1) is 13.2 Å². The third-order valence-electron chi connectivity index (χ3n) is 3.19. The average molecular weight is 382 g/mol. The van der Waals surface area contributed by atoms with Crippen molar-refractivity contribution in [1.29, 1.82) is 10.5 Å². The molecule has 1 atom stereocenters. The van der Waals surface area contributed by atoms with Crippen LogP contribution in [-0.2, 0) is 0 Å². The van der Waals surface area contributed by atoms with Gasteiger partial charge in [-0.25, -0.2) is 14.8 Å². The van der Waals surface area contributed by atoms with E-state index in [9.17, 15) is 0 Å². The lowest BCUT2D eigenvalue weighted by Crippen LogP contribution is -2.06. The van der Waals surface area contributed by atoms with Crippen molar-refractivity contribution in [3.05, 3.63) is 72.8 Å². The Labute approximate surface area is 166 Å². The molecule has 0 bridgehead atoms. The molecule has 1 aromatic heterocycles. The number of carbonyl (C=O) groups is 1. The quantitative estimate of drug-likeness (QED) is 0.677. The van der Waals surface area contributed by atoms with Crippen LogP contribution in [0.1, 0.15) is 56.0 Å². The van der Waals surface area contributed by atoms with E-state index in [0.29, 0.717) is 5.56 Å². The zero-order chi connectivity index (χ0) is 21.8. The van der Waals surface area contributed by atoms with E-state index in [0.717, 1.165) is 25.1 Å². The smallest absolute Gasteiger partial charge is 0.450 e. The molecule has 1 heterocycles. The van der Waals surface area contributed by atoms with E-state index in [-0.39, 0.29) is 5.92 Å². The Hall–Kier alpha value is -3.71. The zero-order valence-electron chi connectivity index (χ0n) is 16.2. The van der Waals surface area contributed by atoms with Gasteiger partial charge in [0.25, 0.3) is 0 Å². The van der Waals surface area contributed by atoms with E-state index in [2.05, 4.69) is 36.1 Å². The van der Waals surface area contributed by atoms with Gasteiger partial charge in [0, 0.05) is 25.2 Å². The first-order chi connectivity index (χ1) is 13.5. The summed E-state index contributed by atoms with van der Waals surface area (Å²) in [4.78, 5) is 17.3. The topological polar surface area (TPSA) is 131 Å². The Morgan fingerprint density at radius 1 is 1.14 bits per heavy atom. The van der Waals surface area contributed by atoms with Gasteiger partial charge in [0.05, 0.1) is 17.7 Å². The Balaban J connectivity index is 0. The van der Waals surface area contributed by atoms with E-state index in [1.54, 1.807) is 18.5 Å². The SMILES string of the molecule is C=C.CC#N.CCCCC(c1ccc(C#N)cc1)c1ncccn1.O=C(O)O. The molecule has 0 saturated carbocycles. The normalized spacial score (nSPS) is 9.29. The number of nitriles is 2. The van der Waals surface area contributed by atoms with Crippen molar-refractivity contribution in [1.82, 2.24) is 9.97 Å². The number of hydrogen-bond donors (Lipinski definition) is 2. The van der Waals surface area contributed by atoms with Gasteiger partial charge in [-0.2, -0.15) is 10.5 Å². The van der Waals surface area contributed by atoms with E-state index in [1.165, 1.54) is 12.5 Å². The third-order valence-corrected chi connectivity index (χ3v) is 3.19. The molecule has 1 unspecified atom stereocenters. The van der Waals surface area contributed by atoms with Crippen LogP contribution < -0.4 is 0 Å². The van der Waals surface area contributed by atoms with Crippen LogP contribution in [0, 0.1) is 22.7 Å². The van der Waals surface area contributed by atoms with Crippen molar-refractivity contribution in [3.8, 4) is 12.1 Å². The van der Waals surface area contributed by atoms with Crippen molar-refractivity contribution >= 4 is 6.16 Å². The second kappa shape index (κ2) is 18.1. The van der Waals surface area contributed by atoms with Gasteiger partial charge in [0.15, 0.2) is 0 Å². The third kappa shape index (κ3) is 12.6. The fourth-order valence-corrected chi connectivity index (χ4v) is 2.13. The van der Waals surface area contributed by atoms with E-state index >= 15 is 0 Å². The van der Waals surface area contributed by atoms with Crippen LogP contribution in [0.5, 0.6) is 0 Å². The van der Waals surface area contributed by atoms with Crippen molar-refractivity contribution in [2.75, 3.05) is 0 Å². The van der Waals surface area contributed by atoms with Crippen molar-refractivity contribution < 1.29 is 15.0 Å². The predicted molar refractivity (Wildman–Crippen MR) is 108 cm³/mol. The van der Waals surface area contributed by atoms with Gasteiger partial charge < -0.3 is 10.2 Å². The van der Waals surface area contributed by atoms with Gasteiger partial charge >= 0.3 is 6.16 Å². The van der Waals surface area contributed by atoms with Crippen LogP contribution in [0.25, 0.3) is 0 Å². The first-order valence-corrected chi connectivity index (χ1v) is 8.49. The van der Waals surface area contributed by atoms with Crippen LogP contribution in [0.15, 0.2) is 55.9 Å². The Morgan fingerprint density at radius 3 is 2.00 bits per heavy atom. The molecule has 0 amide bonds. The summed E-state index contributed by atoms with van der Waals surface area (Å²) < 4.78 is 0. The number of carboxylic acid groups (broad SMARTS) is 2. The van der Waals surface area contributed by atoms with E-state index in [4.69, 9.17) is 25.5 Å². The molecule has 0 spiro atoms. The highest BCUT2D eigenvalue weighted by atomic mass is 16.6. The summed E-state index contributed by atoms with van der Waals surface area (Å²) in [6, 6.07) is 13.5. The minimum atomic E-state index is -1.83. The number of aromatic nitrogens is 2. The summed E-state index contributed by atoms with van der Waals surface area (Å²) in [7, 11) is 0. The van der Waals surface area contributed by atoms with E-state index in [1.807, 2.05) is 30.3 Å². The lowest BCUT2D eigenvalue weighted by atomic mass is 9.92. The van der Waals surface area contributed by atoms with Gasteiger partial charge in [0.1, 0.15) is 5.82 Å². The lowest BCUT2D eigenvalue weighted by molar-refractivity contribution is 0.137. The molecular weight excluding hydrogens is 356 g/mol. The first-order valence-electron chi connectivity index (χ1n) is 8.49. The second-order valence-corrected chi connectivity index (χ2v) is 5.04. The van der Waals surface area contributed by atoms with Crippen molar-refractivity contribution in [2.24, 2.45) is 0 Å². The number of rotatable bonds is 5. The summed E-state index contributed by atoms with van der Waals surface area (Å²) >= 11 is 0. The first kappa shape index (κ1) is 26.5. The summed E-state index contributed by atoms with van der Waals surface area (Å²) in [5.41, 5.74) is 1.87. The number of unbranched alkanes of at least 4 members (excludes halogenated alkanes) is 1. The molecular formula is C21H26N4O3. The zero-order valence-corrected chi connectivity index (χ0v) is 16.2. The molecule has 0 aliphatic rings. The minimum absolute atomic E-state index is 0.217. The molecule has 2 N–H and O–H groups in total. The fourth-order valence-electron chi connectivity index (χ4n) is 2.13. The number of hydrogen-bond acceptors (Lipinski definition) is 5. The number of benzene rings is 1. The van der Waals surface area contributed by atoms with E-state index < -0.39 is 6.16 Å². The van der Waals surface area contributed by atoms with Crippen LogP contribution in [0.2, 0.25) is 0 Å². The molecule has 0 aliphatic heterocycles. The predicted octanol–water partition coefficient (Wildman–Crippen LogP) is 5.22. The summed E-state index contributed by atoms with van der Waals surface area (Å²) in [5.74, 6) is 1.08. The minimum Gasteiger partial charge on any atom is -0.450 e.